The molecule has 0 aromatic carbocycles. The summed E-state index contributed by atoms with van der Waals surface area (Å²) in [7, 11) is 0. The first-order chi connectivity index (χ1) is 13.5. The molecule has 1 aliphatic carbocycles. The normalized spacial score (nSPS) is 21.9. The number of allylic oxidation sites excluding steroid dienone is 2. The van der Waals surface area contributed by atoms with Crippen LogP contribution in [-0.4, -0.2) is 12.7 Å². The molecular formula is C27H50O. The van der Waals surface area contributed by atoms with Crippen LogP contribution in [-0.2, 0) is 4.74 Å². The minimum atomic E-state index is 0.313. The van der Waals surface area contributed by atoms with Crippen molar-refractivity contribution in [2.75, 3.05) is 6.61 Å². The Bertz CT molecular complexity index is 447. The monoisotopic (exact) mass is 390 g/mol. The zero-order valence-corrected chi connectivity index (χ0v) is 20.1. The lowest BCUT2D eigenvalue weighted by Crippen LogP contribution is -2.28. The number of rotatable bonds is 16. The molecular weight excluding hydrogens is 340 g/mol. The van der Waals surface area contributed by atoms with Crippen LogP contribution < -0.4 is 0 Å². The first kappa shape index (κ1) is 25.5. The van der Waals surface area contributed by atoms with Crippen LogP contribution in [0.15, 0.2) is 23.3 Å². The third-order valence-electron chi connectivity index (χ3n) is 6.91. The van der Waals surface area contributed by atoms with Gasteiger partial charge in [0.15, 0.2) is 0 Å². The molecule has 4 unspecified atom stereocenters. The Hall–Kier alpha value is -0.560. The summed E-state index contributed by atoms with van der Waals surface area (Å²) in [6, 6.07) is 0. The van der Waals surface area contributed by atoms with Gasteiger partial charge in [-0.2, -0.15) is 0 Å². The second-order valence-electron chi connectivity index (χ2n) is 9.59. The van der Waals surface area contributed by atoms with Crippen LogP contribution in [0.1, 0.15) is 119 Å². The minimum absolute atomic E-state index is 0.313. The van der Waals surface area contributed by atoms with Crippen molar-refractivity contribution in [3.05, 3.63) is 23.3 Å². The van der Waals surface area contributed by atoms with E-state index < -0.39 is 0 Å². The van der Waals surface area contributed by atoms with Gasteiger partial charge in [0.05, 0.1) is 6.10 Å². The van der Waals surface area contributed by atoms with Crippen molar-refractivity contribution < 1.29 is 4.74 Å². The highest BCUT2D eigenvalue weighted by Gasteiger charge is 2.26. The molecule has 4 atom stereocenters. The molecule has 0 N–H and O–H groups in total. The molecule has 0 aliphatic heterocycles. The van der Waals surface area contributed by atoms with E-state index in [0.29, 0.717) is 12.0 Å². The largest absolute Gasteiger partial charge is 0.373 e. The third-order valence-corrected chi connectivity index (χ3v) is 6.91. The van der Waals surface area contributed by atoms with Gasteiger partial charge >= 0.3 is 0 Å². The maximum Gasteiger partial charge on any atom is 0.0850 e. The second-order valence-corrected chi connectivity index (χ2v) is 9.59. The fourth-order valence-electron chi connectivity index (χ4n) is 4.19. The average Bonchev–Trinajstić information content (AvgIpc) is 2.69. The highest BCUT2D eigenvalue weighted by Crippen LogP contribution is 2.32. The molecule has 0 radical (unpaired) electrons. The fraction of sp³-hybridized carbons (Fsp3) is 0.852. The Balaban J connectivity index is 2.37. The molecule has 0 spiro atoms. The minimum Gasteiger partial charge on any atom is -0.373 e. The molecule has 0 fully saturated rings. The van der Waals surface area contributed by atoms with E-state index in [2.05, 4.69) is 53.7 Å². The van der Waals surface area contributed by atoms with E-state index >= 15 is 0 Å². The molecule has 0 saturated carbocycles. The Morgan fingerprint density at radius 3 is 2.25 bits per heavy atom. The Morgan fingerprint density at radius 2 is 1.54 bits per heavy atom. The summed E-state index contributed by atoms with van der Waals surface area (Å²) in [6.45, 7) is 15.0. The summed E-state index contributed by atoms with van der Waals surface area (Å²) in [5.41, 5.74) is 3.01. The summed E-state index contributed by atoms with van der Waals surface area (Å²) in [5.74, 6) is 2.24. The highest BCUT2D eigenvalue weighted by molar-refractivity contribution is 5.29. The molecule has 0 aromatic rings. The smallest absolute Gasteiger partial charge is 0.0850 e. The van der Waals surface area contributed by atoms with Crippen LogP contribution in [0.5, 0.6) is 0 Å². The van der Waals surface area contributed by atoms with E-state index in [4.69, 9.17) is 4.74 Å². The molecule has 1 heteroatoms. The van der Waals surface area contributed by atoms with Crippen molar-refractivity contribution in [1.82, 2.24) is 0 Å². The van der Waals surface area contributed by atoms with E-state index in [1.807, 2.05) is 0 Å². The second kappa shape index (κ2) is 15.3. The number of hydrogen-bond donors (Lipinski definition) is 0. The van der Waals surface area contributed by atoms with Crippen molar-refractivity contribution in [2.45, 2.75) is 125 Å². The van der Waals surface area contributed by atoms with Gasteiger partial charge in [-0.25, -0.2) is 0 Å². The first-order valence-electron chi connectivity index (χ1n) is 12.5. The lowest BCUT2D eigenvalue weighted by Gasteiger charge is -2.31. The molecule has 0 amide bonds. The van der Waals surface area contributed by atoms with Gasteiger partial charge < -0.3 is 4.74 Å². The maximum atomic E-state index is 6.44. The first-order valence-corrected chi connectivity index (χ1v) is 12.5. The Kier molecular flexibility index (Phi) is 13.9. The van der Waals surface area contributed by atoms with Gasteiger partial charge in [0.25, 0.3) is 0 Å². The average molecular weight is 391 g/mol. The number of hydrogen-bond acceptors (Lipinski definition) is 1. The van der Waals surface area contributed by atoms with Crippen molar-refractivity contribution in [2.24, 2.45) is 17.8 Å². The van der Waals surface area contributed by atoms with Gasteiger partial charge in [-0.15, -0.1) is 0 Å². The molecule has 164 valence electrons. The SMILES string of the molecule is CCCCCCCCOC1C(CCC(C)CCCC(C)CC)=CC=C(C)C1C. The van der Waals surface area contributed by atoms with Crippen molar-refractivity contribution in [1.29, 1.82) is 0 Å². The van der Waals surface area contributed by atoms with Gasteiger partial charge in [0.1, 0.15) is 0 Å². The lowest BCUT2D eigenvalue weighted by atomic mass is 9.83. The van der Waals surface area contributed by atoms with Crippen LogP contribution in [0, 0.1) is 17.8 Å². The topological polar surface area (TPSA) is 9.23 Å². The number of ether oxygens (including phenoxy) is 1. The van der Waals surface area contributed by atoms with Crippen LogP contribution in [0.4, 0.5) is 0 Å². The summed E-state index contributed by atoms with van der Waals surface area (Å²) in [4.78, 5) is 0. The van der Waals surface area contributed by atoms with E-state index in [1.54, 1.807) is 0 Å². The predicted molar refractivity (Wildman–Crippen MR) is 126 cm³/mol. The quantitative estimate of drug-likeness (QED) is 0.239. The van der Waals surface area contributed by atoms with Gasteiger partial charge in [0, 0.05) is 12.5 Å². The summed E-state index contributed by atoms with van der Waals surface area (Å²) >= 11 is 0. The van der Waals surface area contributed by atoms with Crippen LogP contribution in [0.2, 0.25) is 0 Å². The molecule has 1 rings (SSSR count). The fourth-order valence-corrected chi connectivity index (χ4v) is 4.19. The Labute approximate surface area is 177 Å². The predicted octanol–water partition coefficient (Wildman–Crippen LogP) is 8.89. The van der Waals surface area contributed by atoms with Crippen LogP contribution in [0.25, 0.3) is 0 Å². The maximum absolute atomic E-state index is 6.44. The molecule has 0 saturated heterocycles. The lowest BCUT2D eigenvalue weighted by molar-refractivity contribution is 0.0453. The van der Waals surface area contributed by atoms with Crippen LogP contribution >= 0.6 is 0 Å². The molecule has 1 nitrogen and oxygen atoms in total. The highest BCUT2D eigenvalue weighted by atomic mass is 16.5. The van der Waals surface area contributed by atoms with Gasteiger partial charge in [-0.3, -0.25) is 0 Å². The molecule has 0 bridgehead atoms. The summed E-state index contributed by atoms with van der Waals surface area (Å²) < 4.78 is 6.44. The van der Waals surface area contributed by atoms with Crippen molar-refractivity contribution >= 4 is 0 Å². The molecule has 0 aromatic heterocycles. The van der Waals surface area contributed by atoms with E-state index in [0.717, 1.165) is 18.4 Å². The van der Waals surface area contributed by atoms with E-state index in [1.165, 1.54) is 88.2 Å². The molecule has 0 heterocycles. The zero-order valence-electron chi connectivity index (χ0n) is 20.1. The standard InChI is InChI=1S/C27H50O/c1-7-9-10-11-12-13-21-28-27-25(6)24(5)18-20-26(27)19-17-23(4)16-14-15-22(3)8-2/h18,20,22-23,25,27H,7-17,19,21H2,1-6H3. The van der Waals surface area contributed by atoms with E-state index in [9.17, 15) is 0 Å². The van der Waals surface area contributed by atoms with Crippen molar-refractivity contribution in [3.63, 3.8) is 0 Å². The van der Waals surface area contributed by atoms with Gasteiger partial charge in [-0.05, 0) is 43.6 Å². The van der Waals surface area contributed by atoms with Crippen LogP contribution in [0.3, 0.4) is 0 Å². The van der Waals surface area contributed by atoms with Gasteiger partial charge in [-0.1, -0.05) is 110 Å². The van der Waals surface area contributed by atoms with E-state index in [-0.39, 0.29) is 0 Å². The zero-order chi connectivity index (χ0) is 20.8. The summed E-state index contributed by atoms with van der Waals surface area (Å²) in [6.07, 6.45) is 21.0. The summed E-state index contributed by atoms with van der Waals surface area (Å²) in [5, 5.41) is 0. The Morgan fingerprint density at radius 1 is 0.857 bits per heavy atom. The molecule has 1 aliphatic rings. The molecule has 28 heavy (non-hydrogen) atoms. The van der Waals surface area contributed by atoms with Crippen molar-refractivity contribution in [3.8, 4) is 0 Å². The number of unbranched alkanes of at least 4 members (excludes halogenated alkanes) is 5. The third kappa shape index (κ3) is 10.3. The van der Waals surface area contributed by atoms with Gasteiger partial charge in [0.2, 0.25) is 0 Å².